The van der Waals surface area contributed by atoms with E-state index in [2.05, 4.69) is 21.3 Å². The van der Waals surface area contributed by atoms with E-state index in [4.69, 9.17) is 9.84 Å². The number of aliphatic hydroxyl groups is 1. The molecule has 0 rings (SSSR count). The summed E-state index contributed by atoms with van der Waals surface area (Å²) in [7, 11) is -4.71. The van der Waals surface area contributed by atoms with E-state index in [9.17, 15) is 28.9 Å². The summed E-state index contributed by atoms with van der Waals surface area (Å²) in [4.78, 5) is 44.6. The van der Waals surface area contributed by atoms with Crippen molar-refractivity contribution in [3.63, 3.8) is 0 Å². The second kappa shape index (κ2) is 25.2. The molecule has 0 saturated carbocycles. The van der Waals surface area contributed by atoms with E-state index >= 15 is 0 Å². The zero-order valence-corrected chi connectivity index (χ0v) is 25.5. The highest BCUT2D eigenvalue weighted by atomic mass is 31.2. The van der Waals surface area contributed by atoms with Gasteiger partial charge in [0.1, 0.15) is 12.7 Å². The van der Waals surface area contributed by atoms with Crippen LogP contribution in [0.3, 0.4) is 0 Å². The summed E-state index contributed by atoms with van der Waals surface area (Å²) in [6, 6.07) is -1.53. The lowest BCUT2D eigenvalue weighted by molar-refractivity contribution is -0.147. The minimum atomic E-state index is -4.71. The van der Waals surface area contributed by atoms with Crippen LogP contribution in [0.2, 0.25) is 0 Å². The Morgan fingerprint density at radius 1 is 0.700 bits per heavy atom. The van der Waals surface area contributed by atoms with Crippen LogP contribution in [0.5, 0.6) is 0 Å². The summed E-state index contributed by atoms with van der Waals surface area (Å²) in [5.41, 5.74) is 0. The molecule has 0 aromatic rings. The first-order valence-corrected chi connectivity index (χ1v) is 16.6. The van der Waals surface area contributed by atoms with Gasteiger partial charge in [-0.1, -0.05) is 104 Å². The number of rotatable bonds is 28. The van der Waals surface area contributed by atoms with Crippen LogP contribution >= 0.6 is 7.82 Å². The Morgan fingerprint density at radius 2 is 1.18 bits per heavy atom. The molecule has 0 aliphatic carbocycles. The van der Waals surface area contributed by atoms with Gasteiger partial charge < -0.3 is 25.2 Å². The van der Waals surface area contributed by atoms with Crippen molar-refractivity contribution in [1.29, 1.82) is 0 Å². The molecule has 0 aliphatic rings. The molecule has 0 saturated heterocycles. The average molecular weight is 596 g/mol. The van der Waals surface area contributed by atoms with Crippen LogP contribution < -0.4 is 5.32 Å². The number of carbonyl (C=O) groups excluding carboxylic acids is 2. The number of phosphoric ester groups is 1. The summed E-state index contributed by atoms with van der Waals surface area (Å²) in [5.74, 6) is -2.42. The van der Waals surface area contributed by atoms with Gasteiger partial charge in [-0.25, -0.2) is 9.36 Å². The summed E-state index contributed by atoms with van der Waals surface area (Å²) in [5, 5.41) is 21.3. The Kier molecular flexibility index (Phi) is 24.3. The molecule has 3 unspecified atom stereocenters. The number of hydrogen-bond donors (Lipinski definition) is 4. The van der Waals surface area contributed by atoms with Crippen molar-refractivity contribution in [2.45, 2.75) is 142 Å². The molecule has 4 N–H and O–H groups in total. The van der Waals surface area contributed by atoms with Crippen LogP contribution in [0.1, 0.15) is 129 Å². The van der Waals surface area contributed by atoms with Crippen LogP contribution in [0, 0.1) is 0 Å². The van der Waals surface area contributed by atoms with Gasteiger partial charge in [0.15, 0.2) is 6.04 Å². The number of unbranched alkanes of at least 4 members (excludes halogenated alkanes) is 14. The fraction of sp³-hybridized carbons (Fsp3) is 0.893. The number of phosphoric acid groups is 1. The molecule has 0 heterocycles. The van der Waals surface area contributed by atoms with Gasteiger partial charge in [-0.15, -0.1) is 0 Å². The molecule has 11 nitrogen and oxygen atoms in total. The molecule has 0 aromatic carbocycles. The number of aliphatic hydroxyl groups excluding tert-OH is 1. The predicted molar refractivity (Wildman–Crippen MR) is 153 cm³/mol. The fourth-order valence-corrected chi connectivity index (χ4v) is 4.71. The maximum Gasteiger partial charge on any atom is 0.472 e. The van der Waals surface area contributed by atoms with Crippen molar-refractivity contribution in [2.75, 3.05) is 19.8 Å². The second-order valence-corrected chi connectivity index (χ2v) is 11.8. The predicted octanol–water partition coefficient (Wildman–Crippen LogP) is 5.66. The molecular formula is C28H54NO10P. The summed E-state index contributed by atoms with van der Waals surface area (Å²) in [6.07, 6.45) is 17.3. The van der Waals surface area contributed by atoms with E-state index in [0.29, 0.717) is 12.8 Å². The van der Waals surface area contributed by atoms with Crippen LogP contribution in [0.25, 0.3) is 0 Å². The average Bonchev–Trinajstić information content (AvgIpc) is 2.91. The summed E-state index contributed by atoms with van der Waals surface area (Å²) < 4.78 is 26.3. The molecule has 40 heavy (non-hydrogen) atoms. The lowest BCUT2D eigenvalue weighted by atomic mass is 10.0. The molecule has 0 aliphatic heterocycles. The molecule has 0 radical (unpaired) electrons. The van der Waals surface area contributed by atoms with Gasteiger partial charge in [-0.2, -0.15) is 0 Å². The number of aliphatic carboxylic acids is 1. The van der Waals surface area contributed by atoms with Gasteiger partial charge in [0, 0.05) is 12.8 Å². The van der Waals surface area contributed by atoms with Gasteiger partial charge in [-0.05, 0) is 12.8 Å². The normalized spacial score (nSPS) is 14.3. The first kappa shape index (κ1) is 38.5. The van der Waals surface area contributed by atoms with E-state index < -0.39 is 57.6 Å². The maximum absolute atomic E-state index is 12.0. The van der Waals surface area contributed by atoms with Crippen LogP contribution in [0.4, 0.5) is 0 Å². The smallest absolute Gasteiger partial charge is 0.472 e. The minimum Gasteiger partial charge on any atom is -0.480 e. The number of carbonyl (C=O) groups is 3. The van der Waals surface area contributed by atoms with E-state index in [1.807, 2.05) is 6.92 Å². The highest BCUT2D eigenvalue weighted by molar-refractivity contribution is 7.47. The molecule has 0 aromatic heterocycles. The maximum atomic E-state index is 12.0. The van der Waals surface area contributed by atoms with E-state index in [1.54, 1.807) is 0 Å². The molecule has 1 amide bonds. The van der Waals surface area contributed by atoms with Crippen molar-refractivity contribution in [2.24, 2.45) is 0 Å². The Labute approximate surface area is 240 Å². The molecular weight excluding hydrogens is 541 g/mol. The third-order valence-electron chi connectivity index (χ3n) is 6.40. The number of carboxylic acids is 1. The van der Waals surface area contributed by atoms with Gasteiger partial charge >= 0.3 is 19.8 Å². The monoisotopic (exact) mass is 595 g/mol. The highest BCUT2D eigenvalue weighted by Gasteiger charge is 2.28. The van der Waals surface area contributed by atoms with E-state index in [-0.39, 0.29) is 12.8 Å². The molecule has 0 bridgehead atoms. The zero-order valence-electron chi connectivity index (χ0n) is 24.7. The van der Waals surface area contributed by atoms with Crippen LogP contribution in [-0.4, -0.2) is 64.9 Å². The Balaban J connectivity index is 3.86. The van der Waals surface area contributed by atoms with E-state index in [0.717, 1.165) is 25.7 Å². The topological polar surface area (TPSA) is 169 Å². The van der Waals surface area contributed by atoms with Crippen LogP contribution in [-0.2, 0) is 32.7 Å². The van der Waals surface area contributed by atoms with Crippen molar-refractivity contribution >= 4 is 25.7 Å². The molecule has 236 valence electrons. The Morgan fingerprint density at radius 3 is 1.68 bits per heavy atom. The molecule has 0 fully saturated rings. The SMILES string of the molecule is CCCCCCCCCCCCCCCCC(=O)OCC(O)COP(=O)(O)OCC(NC(=O)CCCC)C(=O)O. The zero-order chi connectivity index (χ0) is 30.1. The molecule has 3 atom stereocenters. The molecule has 0 spiro atoms. The summed E-state index contributed by atoms with van der Waals surface area (Å²) >= 11 is 0. The number of nitrogens with one attached hydrogen (secondary N) is 1. The van der Waals surface area contributed by atoms with Gasteiger partial charge in [0.05, 0.1) is 13.2 Å². The third kappa shape index (κ3) is 24.3. The Hall–Kier alpha value is -1.52. The number of amides is 1. The largest absolute Gasteiger partial charge is 0.480 e. The fourth-order valence-electron chi connectivity index (χ4n) is 3.94. The standard InChI is InChI=1S/C28H54NO10P/c1-3-5-7-8-9-10-11-12-13-14-15-16-17-18-20-27(32)37-21-24(30)22-38-40(35,36)39-23-25(28(33)34)29-26(31)19-6-4-2/h24-25,30H,3-23H2,1-2H3,(H,29,31)(H,33,34)(H,35,36). The number of ether oxygens (including phenoxy) is 1. The van der Waals surface area contributed by atoms with E-state index in [1.165, 1.54) is 64.2 Å². The lowest BCUT2D eigenvalue weighted by Crippen LogP contribution is -2.43. The van der Waals surface area contributed by atoms with Gasteiger partial charge in [0.2, 0.25) is 5.91 Å². The van der Waals surface area contributed by atoms with Crippen molar-refractivity contribution in [1.82, 2.24) is 5.32 Å². The van der Waals surface area contributed by atoms with Crippen molar-refractivity contribution < 1.29 is 47.8 Å². The first-order chi connectivity index (χ1) is 19.1. The Bertz CT molecular complexity index is 721. The summed E-state index contributed by atoms with van der Waals surface area (Å²) in [6.45, 7) is 2.23. The molecule has 12 heteroatoms. The third-order valence-corrected chi connectivity index (χ3v) is 7.35. The van der Waals surface area contributed by atoms with Gasteiger partial charge in [-0.3, -0.25) is 18.6 Å². The quantitative estimate of drug-likeness (QED) is 0.0503. The number of carboxylic acid groups (broad SMARTS) is 1. The van der Waals surface area contributed by atoms with Crippen LogP contribution in [0.15, 0.2) is 0 Å². The second-order valence-electron chi connectivity index (χ2n) is 10.3. The number of hydrogen-bond acceptors (Lipinski definition) is 8. The van der Waals surface area contributed by atoms with Crippen molar-refractivity contribution in [3.8, 4) is 0 Å². The number of esters is 1. The lowest BCUT2D eigenvalue weighted by Gasteiger charge is -2.18. The van der Waals surface area contributed by atoms with Gasteiger partial charge in [0.25, 0.3) is 0 Å². The van der Waals surface area contributed by atoms with Crippen molar-refractivity contribution in [3.05, 3.63) is 0 Å². The highest BCUT2D eigenvalue weighted by Crippen LogP contribution is 2.43. The first-order valence-electron chi connectivity index (χ1n) is 15.1. The minimum absolute atomic E-state index is 0.123.